The maximum Gasteiger partial charge on any atom is 0.255 e. The van der Waals surface area contributed by atoms with Crippen molar-refractivity contribution in [2.24, 2.45) is 0 Å². The first-order valence-corrected chi connectivity index (χ1v) is 9.59. The highest BCUT2D eigenvalue weighted by atomic mass is 19.3. The van der Waals surface area contributed by atoms with Gasteiger partial charge in [-0.2, -0.15) is 0 Å². The topological polar surface area (TPSA) is 0 Å². The van der Waals surface area contributed by atoms with E-state index in [1.165, 1.54) is 11.1 Å². The fraction of sp³-hybridized carbons (Fsp3) is 0.478. The Bertz CT molecular complexity index is 670. The Labute approximate surface area is 150 Å². The summed E-state index contributed by atoms with van der Waals surface area (Å²) < 4.78 is 29.7. The molecule has 2 atom stereocenters. The van der Waals surface area contributed by atoms with Crippen LogP contribution in [0.15, 0.2) is 48.5 Å². The fourth-order valence-corrected chi connectivity index (χ4v) is 4.08. The van der Waals surface area contributed by atoms with Gasteiger partial charge >= 0.3 is 0 Å². The molecule has 0 aromatic heterocycles. The zero-order valence-corrected chi connectivity index (χ0v) is 15.3. The highest BCUT2D eigenvalue weighted by molar-refractivity contribution is 5.30. The Morgan fingerprint density at radius 1 is 0.840 bits per heavy atom. The predicted octanol–water partition coefficient (Wildman–Crippen LogP) is 6.89. The number of hydrogen-bond acceptors (Lipinski definition) is 0. The molecule has 2 aromatic rings. The van der Waals surface area contributed by atoms with Gasteiger partial charge in [0, 0.05) is 12.3 Å². The van der Waals surface area contributed by atoms with Gasteiger partial charge in [-0.1, -0.05) is 68.8 Å². The van der Waals surface area contributed by atoms with Crippen LogP contribution in [0.25, 0.3) is 0 Å². The average Bonchev–Trinajstić information content (AvgIpc) is 2.62. The summed E-state index contributed by atoms with van der Waals surface area (Å²) in [4.78, 5) is 0. The Morgan fingerprint density at radius 2 is 1.44 bits per heavy atom. The Hall–Kier alpha value is -1.70. The van der Waals surface area contributed by atoms with Crippen LogP contribution in [0.4, 0.5) is 8.78 Å². The molecule has 0 amide bonds. The number of alkyl halides is 2. The second-order valence-electron chi connectivity index (χ2n) is 7.38. The summed E-state index contributed by atoms with van der Waals surface area (Å²) in [6, 6.07) is 16.1. The molecule has 0 unspecified atom stereocenters. The Balaban J connectivity index is 1.72. The van der Waals surface area contributed by atoms with E-state index in [4.69, 9.17) is 0 Å². The summed E-state index contributed by atoms with van der Waals surface area (Å²) in [5.74, 6) is -3.32. The molecule has 0 spiro atoms. The molecule has 0 nitrogen and oxygen atoms in total. The van der Waals surface area contributed by atoms with E-state index in [0.717, 1.165) is 36.8 Å². The standard InChI is InChI=1S/C23H28F2/c1-3-5-18-8-10-19(11-9-18)21-14-15-22(23(24,25)16-21)20-12-6-17(4-2)7-13-20/h6-13,21-22H,3-5,14-16H2,1-2H3/t21-,22+/m0/s1. The number of rotatable bonds is 5. The Morgan fingerprint density at radius 3 is 2.00 bits per heavy atom. The van der Waals surface area contributed by atoms with Crippen molar-refractivity contribution < 1.29 is 8.78 Å². The van der Waals surface area contributed by atoms with Gasteiger partial charge < -0.3 is 0 Å². The number of aryl methyl sites for hydroxylation is 2. The maximum absolute atomic E-state index is 14.9. The number of hydrogen-bond donors (Lipinski definition) is 0. The lowest BCUT2D eigenvalue weighted by molar-refractivity contribution is -0.0615. The molecular formula is C23H28F2. The van der Waals surface area contributed by atoms with Crippen LogP contribution in [0.3, 0.4) is 0 Å². The molecule has 0 bridgehead atoms. The highest BCUT2D eigenvalue weighted by Crippen LogP contribution is 2.49. The van der Waals surface area contributed by atoms with Crippen molar-refractivity contribution >= 4 is 0 Å². The first kappa shape index (κ1) is 18.1. The second kappa shape index (κ2) is 7.68. The van der Waals surface area contributed by atoms with E-state index in [1.54, 1.807) is 0 Å². The predicted molar refractivity (Wildman–Crippen MR) is 101 cm³/mol. The van der Waals surface area contributed by atoms with Gasteiger partial charge in [-0.25, -0.2) is 8.78 Å². The minimum absolute atomic E-state index is 0.0307. The summed E-state index contributed by atoms with van der Waals surface area (Å²) >= 11 is 0. The van der Waals surface area contributed by atoms with Crippen molar-refractivity contribution in [3.8, 4) is 0 Å². The zero-order chi connectivity index (χ0) is 17.9. The van der Waals surface area contributed by atoms with E-state index >= 15 is 0 Å². The molecule has 2 heteroatoms. The third-order valence-corrected chi connectivity index (χ3v) is 5.61. The van der Waals surface area contributed by atoms with Gasteiger partial charge in [0.15, 0.2) is 0 Å². The van der Waals surface area contributed by atoms with E-state index < -0.39 is 11.8 Å². The van der Waals surface area contributed by atoms with Gasteiger partial charge in [0.25, 0.3) is 5.92 Å². The van der Waals surface area contributed by atoms with Gasteiger partial charge in [-0.05, 0) is 53.9 Å². The first-order valence-electron chi connectivity index (χ1n) is 9.59. The van der Waals surface area contributed by atoms with Crippen molar-refractivity contribution in [1.82, 2.24) is 0 Å². The number of halogens is 2. The van der Waals surface area contributed by atoms with Crippen molar-refractivity contribution in [3.05, 3.63) is 70.8 Å². The van der Waals surface area contributed by atoms with Crippen molar-refractivity contribution in [1.29, 1.82) is 0 Å². The normalized spacial score (nSPS) is 22.7. The monoisotopic (exact) mass is 342 g/mol. The first-order chi connectivity index (χ1) is 12.0. The third-order valence-electron chi connectivity index (χ3n) is 5.61. The van der Waals surface area contributed by atoms with Gasteiger partial charge in [0.2, 0.25) is 0 Å². The molecule has 1 saturated carbocycles. The molecular weight excluding hydrogens is 314 g/mol. The fourth-order valence-electron chi connectivity index (χ4n) is 4.08. The maximum atomic E-state index is 14.9. The zero-order valence-electron chi connectivity index (χ0n) is 15.3. The summed E-state index contributed by atoms with van der Waals surface area (Å²) in [7, 11) is 0. The molecule has 0 aliphatic heterocycles. The van der Waals surface area contributed by atoms with Gasteiger partial charge in [0.05, 0.1) is 0 Å². The van der Waals surface area contributed by atoms with Crippen LogP contribution in [0.1, 0.15) is 73.6 Å². The van der Waals surface area contributed by atoms with Crippen LogP contribution in [-0.2, 0) is 12.8 Å². The summed E-state index contributed by atoms with van der Waals surface area (Å²) in [5, 5.41) is 0. The summed E-state index contributed by atoms with van der Waals surface area (Å²) in [5.41, 5.74) is 4.36. The molecule has 0 heterocycles. The molecule has 25 heavy (non-hydrogen) atoms. The van der Waals surface area contributed by atoms with E-state index in [0.29, 0.717) is 6.42 Å². The SMILES string of the molecule is CCCc1ccc([C@H]2CC[C@H](c3ccc(CC)cc3)C(F)(F)C2)cc1. The van der Waals surface area contributed by atoms with Crippen LogP contribution >= 0.6 is 0 Å². The van der Waals surface area contributed by atoms with Gasteiger partial charge in [-0.3, -0.25) is 0 Å². The molecule has 1 aliphatic carbocycles. The van der Waals surface area contributed by atoms with E-state index in [1.807, 2.05) is 24.3 Å². The molecule has 134 valence electrons. The quantitative estimate of drug-likeness (QED) is 0.555. The number of benzene rings is 2. The van der Waals surface area contributed by atoms with Crippen LogP contribution in [0.2, 0.25) is 0 Å². The lowest BCUT2D eigenvalue weighted by atomic mass is 9.73. The van der Waals surface area contributed by atoms with E-state index in [9.17, 15) is 8.78 Å². The van der Waals surface area contributed by atoms with Crippen molar-refractivity contribution in [3.63, 3.8) is 0 Å². The molecule has 0 N–H and O–H groups in total. The van der Waals surface area contributed by atoms with Crippen LogP contribution in [0.5, 0.6) is 0 Å². The molecule has 3 rings (SSSR count). The molecule has 2 aromatic carbocycles. The van der Waals surface area contributed by atoms with Gasteiger partial charge in [0.1, 0.15) is 0 Å². The highest BCUT2D eigenvalue weighted by Gasteiger charge is 2.46. The molecule has 1 fully saturated rings. The van der Waals surface area contributed by atoms with E-state index in [2.05, 4.69) is 38.1 Å². The minimum atomic E-state index is -2.64. The average molecular weight is 342 g/mol. The lowest BCUT2D eigenvalue weighted by Crippen LogP contribution is -2.33. The molecule has 1 aliphatic rings. The minimum Gasteiger partial charge on any atom is -0.206 e. The summed E-state index contributed by atoms with van der Waals surface area (Å²) in [6.45, 7) is 4.24. The second-order valence-corrected chi connectivity index (χ2v) is 7.38. The van der Waals surface area contributed by atoms with E-state index in [-0.39, 0.29) is 12.3 Å². The summed E-state index contributed by atoms with van der Waals surface area (Å²) in [6.07, 6.45) is 4.46. The molecule has 0 saturated heterocycles. The van der Waals surface area contributed by atoms with Crippen LogP contribution in [-0.4, -0.2) is 5.92 Å². The van der Waals surface area contributed by atoms with Crippen molar-refractivity contribution in [2.75, 3.05) is 0 Å². The largest absolute Gasteiger partial charge is 0.255 e. The molecule has 0 radical (unpaired) electrons. The van der Waals surface area contributed by atoms with Crippen LogP contribution < -0.4 is 0 Å². The van der Waals surface area contributed by atoms with Crippen molar-refractivity contribution in [2.45, 2.75) is 70.1 Å². The van der Waals surface area contributed by atoms with Gasteiger partial charge in [-0.15, -0.1) is 0 Å². The Kier molecular flexibility index (Phi) is 5.56. The smallest absolute Gasteiger partial charge is 0.206 e. The van der Waals surface area contributed by atoms with Crippen LogP contribution in [0, 0.1) is 0 Å². The lowest BCUT2D eigenvalue weighted by Gasteiger charge is -2.36. The third kappa shape index (κ3) is 4.11.